The Hall–Kier alpha value is -1.96. The van der Waals surface area contributed by atoms with Gasteiger partial charge >= 0.3 is 0 Å². The Balaban J connectivity index is 2.34. The van der Waals surface area contributed by atoms with Crippen LogP contribution in [0, 0.1) is 13.8 Å². The third-order valence-corrected chi connectivity index (χ3v) is 4.24. The van der Waals surface area contributed by atoms with E-state index in [-0.39, 0.29) is 0 Å². The highest BCUT2D eigenvalue weighted by molar-refractivity contribution is 5.41. The van der Waals surface area contributed by atoms with Crippen LogP contribution in [0.2, 0.25) is 0 Å². The number of aryl methyl sites for hydroxylation is 2. The molecule has 2 heteroatoms. The molecule has 20 heavy (non-hydrogen) atoms. The number of phenols is 2. The van der Waals surface area contributed by atoms with Crippen LogP contribution in [0.15, 0.2) is 36.4 Å². The summed E-state index contributed by atoms with van der Waals surface area (Å²) in [4.78, 5) is 0. The highest BCUT2D eigenvalue weighted by atomic mass is 16.3. The lowest BCUT2D eigenvalue weighted by Gasteiger charge is -2.24. The zero-order valence-electron chi connectivity index (χ0n) is 12.5. The molecular formula is C18H22O2. The minimum Gasteiger partial charge on any atom is -0.508 e. The predicted molar refractivity (Wildman–Crippen MR) is 82.5 cm³/mol. The van der Waals surface area contributed by atoms with Crippen molar-refractivity contribution in [2.75, 3.05) is 0 Å². The minimum absolute atomic E-state index is 0.312. The normalized spacial score (nSPS) is 14.0. The van der Waals surface area contributed by atoms with Gasteiger partial charge in [0, 0.05) is 0 Å². The molecule has 0 aliphatic rings. The summed E-state index contributed by atoms with van der Waals surface area (Å²) < 4.78 is 0. The third-order valence-electron chi connectivity index (χ3n) is 4.24. The Morgan fingerprint density at radius 3 is 1.35 bits per heavy atom. The zero-order valence-corrected chi connectivity index (χ0v) is 12.5. The summed E-state index contributed by atoms with van der Waals surface area (Å²) in [6, 6.07) is 11.1. The van der Waals surface area contributed by atoms with E-state index in [2.05, 4.69) is 13.8 Å². The van der Waals surface area contributed by atoms with Crippen molar-refractivity contribution < 1.29 is 10.2 Å². The molecule has 0 aliphatic carbocycles. The fourth-order valence-corrected chi connectivity index (χ4v) is 2.88. The van der Waals surface area contributed by atoms with E-state index in [0.717, 1.165) is 11.1 Å². The second-order valence-electron chi connectivity index (χ2n) is 5.66. The summed E-state index contributed by atoms with van der Waals surface area (Å²) in [7, 11) is 0. The third kappa shape index (κ3) is 2.79. The van der Waals surface area contributed by atoms with Crippen molar-refractivity contribution in [3.63, 3.8) is 0 Å². The largest absolute Gasteiger partial charge is 0.508 e. The molecule has 0 heterocycles. The maximum atomic E-state index is 9.52. The van der Waals surface area contributed by atoms with Crippen LogP contribution in [-0.4, -0.2) is 10.2 Å². The molecule has 0 radical (unpaired) electrons. The van der Waals surface area contributed by atoms with Crippen LogP contribution in [-0.2, 0) is 0 Å². The van der Waals surface area contributed by atoms with Gasteiger partial charge in [0.2, 0.25) is 0 Å². The number of rotatable bonds is 3. The fraction of sp³-hybridized carbons (Fsp3) is 0.333. The second-order valence-corrected chi connectivity index (χ2v) is 5.66. The van der Waals surface area contributed by atoms with E-state index in [1.54, 1.807) is 12.1 Å². The first-order chi connectivity index (χ1) is 9.40. The van der Waals surface area contributed by atoms with Gasteiger partial charge in [0.25, 0.3) is 0 Å². The summed E-state index contributed by atoms with van der Waals surface area (Å²) in [5.41, 5.74) is 4.73. The molecule has 0 aliphatic heterocycles. The van der Waals surface area contributed by atoms with Crippen LogP contribution in [0.5, 0.6) is 11.5 Å². The van der Waals surface area contributed by atoms with E-state index in [1.807, 2.05) is 38.1 Å². The topological polar surface area (TPSA) is 40.5 Å². The molecule has 106 valence electrons. The smallest absolute Gasteiger partial charge is 0.115 e. The van der Waals surface area contributed by atoms with Gasteiger partial charge in [0.15, 0.2) is 0 Å². The van der Waals surface area contributed by atoms with Gasteiger partial charge in [-0.2, -0.15) is 0 Å². The van der Waals surface area contributed by atoms with E-state index < -0.39 is 0 Å². The van der Waals surface area contributed by atoms with Gasteiger partial charge in [-0.15, -0.1) is 0 Å². The van der Waals surface area contributed by atoms with E-state index in [0.29, 0.717) is 23.3 Å². The highest BCUT2D eigenvalue weighted by Crippen LogP contribution is 2.36. The van der Waals surface area contributed by atoms with Crippen LogP contribution in [0.3, 0.4) is 0 Å². The van der Waals surface area contributed by atoms with Gasteiger partial charge in [-0.3, -0.25) is 0 Å². The average Bonchev–Trinajstić information content (AvgIpc) is 2.37. The summed E-state index contributed by atoms with van der Waals surface area (Å²) in [6.07, 6.45) is 0. The van der Waals surface area contributed by atoms with Crippen molar-refractivity contribution in [1.29, 1.82) is 0 Å². The molecule has 0 aromatic heterocycles. The van der Waals surface area contributed by atoms with Gasteiger partial charge in [-0.05, 0) is 72.2 Å². The van der Waals surface area contributed by atoms with Crippen molar-refractivity contribution in [1.82, 2.24) is 0 Å². The predicted octanol–water partition coefficient (Wildman–Crippen LogP) is 4.62. The lowest BCUT2D eigenvalue weighted by Crippen LogP contribution is -2.07. The lowest BCUT2D eigenvalue weighted by atomic mass is 9.81. The van der Waals surface area contributed by atoms with Gasteiger partial charge in [-0.1, -0.05) is 26.0 Å². The van der Waals surface area contributed by atoms with Gasteiger partial charge in [0.1, 0.15) is 11.5 Å². The van der Waals surface area contributed by atoms with E-state index in [1.165, 1.54) is 11.1 Å². The molecule has 0 bridgehead atoms. The van der Waals surface area contributed by atoms with Crippen LogP contribution >= 0.6 is 0 Å². The van der Waals surface area contributed by atoms with Crippen LogP contribution in [0.25, 0.3) is 0 Å². The van der Waals surface area contributed by atoms with Crippen LogP contribution in [0.1, 0.15) is 47.9 Å². The monoisotopic (exact) mass is 270 g/mol. The molecule has 2 N–H and O–H groups in total. The second kappa shape index (κ2) is 5.58. The first kappa shape index (κ1) is 14.4. The maximum absolute atomic E-state index is 9.52. The zero-order chi connectivity index (χ0) is 14.9. The minimum atomic E-state index is 0.312. The van der Waals surface area contributed by atoms with Crippen molar-refractivity contribution in [3.8, 4) is 11.5 Å². The highest BCUT2D eigenvalue weighted by Gasteiger charge is 2.19. The summed E-state index contributed by atoms with van der Waals surface area (Å²) in [5, 5.41) is 19.0. The van der Waals surface area contributed by atoms with Gasteiger partial charge < -0.3 is 10.2 Å². The fourth-order valence-electron chi connectivity index (χ4n) is 2.88. The standard InChI is InChI=1S/C18H22O2/c1-11-9-15(19)5-7-17(11)13(3)14(4)18-8-6-16(20)10-12(18)2/h5-10,13-14,19-20H,1-4H3. The number of aromatic hydroxyl groups is 2. The summed E-state index contributed by atoms with van der Waals surface area (Å²) in [6.45, 7) is 8.47. The Labute approximate surface area is 120 Å². The van der Waals surface area contributed by atoms with Crippen molar-refractivity contribution >= 4 is 0 Å². The molecule has 2 aromatic carbocycles. The van der Waals surface area contributed by atoms with Gasteiger partial charge in [0.05, 0.1) is 0 Å². The van der Waals surface area contributed by atoms with E-state index in [9.17, 15) is 10.2 Å². The molecule has 2 atom stereocenters. The van der Waals surface area contributed by atoms with Crippen molar-refractivity contribution in [3.05, 3.63) is 58.7 Å². The maximum Gasteiger partial charge on any atom is 0.115 e. The SMILES string of the molecule is Cc1cc(O)ccc1C(C)C(C)c1ccc(O)cc1C. The molecular weight excluding hydrogens is 248 g/mol. The Kier molecular flexibility index (Phi) is 4.03. The molecule has 2 nitrogen and oxygen atoms in total. The van der Waals surface area contributed by atoms with Crippen molar-refractivity contribution in [2.45, 2.75) is 39.5 Å². The molecule has 2 unspecified atom stereocenters. The molecule has 0 fully saturated rings. The Morgan fingerprint density at radius 1 is 0.700 bits per heavy atom. The number of phenolic OH excluding ortho intramolecular Hbond substituents is 2. The first-order valence-electron chi connectivity index (χ1n) is 6.99. The Bertz CT molecular complexity index is 561. The number of benzene rings is 2. The number of hydrogen-bond donors (Lipinski definition) is 2. The van der Waals surface area contributed by atoms with Crippen molar-refractivity contribution in [2.24, 2.45) is 0 Å². The first-order valence-corrected chi connectivity index (χ1v) is 6.99. The van der Waals surface area contributed by atoms with Gasteiger partial charge in [-0.25, -0.2) is 0 Å². The molecule has 0 saturated carbocycles. The number of hydrogen-bond acceptors (Lipinski definition) is 2. The molecule has 2 rings (SSSR count). The molecule has 0 spiro atoms. The summed E-state index contributed by atoms with van der Waals surface area (Å²) >= 11 is 0. The lowest BCUT2D eigenvalue weighted by molar-refractivity contribution is 0.472. The Morgan fingerprint density at radius 2 is 1.05 bits per heavy atom. The molecule has 0 saturated heterocycles. The van der Waals surface area contributed by atoms with Crippen LogP contribution in [0.4, 0.5) is 0 Å². The molecule has 0 amide bonds. The quantitative estimate of drug-likeness (QED) is 0.854. The molecule has 2 aromatic rings. The summed E-state index contributed by atoms with van der Waals surface area (Å²) in [5.74, 6) is 1.32. The van der Waals surface area contributed by atoms with E-state index >= 15 is 0 Å². The average molecular weight is 270 g/mol. The van der Waals surface area contributed by atoms with E-state index in [4.69, 9.17) is 0 Å². The van der Waals surface area contributed by atoms with Crippen LogP contribution < -0.4 is 0 Å².